The molecule has 31 heavy (non-hydrogen) atoms. The van der Waals surface area contributed by atoms with E-state index >= 15 is 0 Å². The first kappa shape index (κ1) is 21.0. The summed E-state index contributed by atoms with van der Waals surface area (Å²) in [5.74, 6) is 0.275. The van der Waals surface area contributed by atoms with Crippen LogP contribution in [0.4, 0.5) is 0 Å². The molecule has 0 aliphatic carbocycles. The zero-order chi connectivity index (χ0) is 21.7. The van der Waals surface area contributed by atoms with E-state index in [1.165, 1.54) is 35.6 Å². The Bertz CT molecular complexity index is 1220. The van der Waals surface area contributed by atoms with Crippen molar-refractivity contribution in [2.75, 3.05) is 0 Å². The highest BCUT2D eigenvalue weighted by atomic mass is 32.2. The first-order valence-electron chi connectivity index (χ1n) is 9.54. The minimum absolute atomic E-state index is 0.103. The van der Waals surface area contributed by atoms with Crippen molar-refractivity contribution in [3.8, 4) is 0 Å². The van der Waals surface area contributed by atoms with Crippen molar-refractivity contribution in [1.29, 1.82) is 0 Å². The van der Waals surface area contributed by atoms with E-state index in [-0.39, 0.29) is 17.3 Å². The van der Waals surface area contributed by atoms with Gasteiger partial charge in [0.1, 0.15) is 11.8 Å². The number of amides is 1. The Morgan fingerprint density at radius 1 is 0.935 bits per heavy atom. The predicted molar refractivity (Wildman–Crippen MR) is 119 cm³/mol. The lowest BCUT2D eigenvalue weighted by molar-refractivity contribution is 0.0939. The third-order valence-electron chi connectivity index (χ3n) is 4.68. The Morgan fingerprint density at radius 3 is 2.35 bits per heavy atom. The van der Waals surface area contributed by atoms with E-state index in [9.17, 15) is 13.2 Å². The fourth-order valence-electron chi connectivity index (χ4n) is 3.08. The number of rotatable bonds is 8. The Morgan fingerprint density at radius 2 is 1.71 bits per heavy atom. The molecule has 0 aliphatic rings. The van der Waals surface area contributed by atoms with Crippen LogP contribution in [0.5, 0.6) is 0 Å². The first-order chi connectivity index (χ1) is 15.0. The van der Waals surface area contributed by atoms with Gasteiger partial charge in [0.2, 0.25) is 10.0 Å². The van der Waals surface area contributed by atoms with Gasteiger partial charge in [-0.1, -0.05) is 36.4 Å². The third kappa shape index (κ3) is 5.11. The van der Waals surface area contributed by atoms with E-state index in [0.29, 0.717) is 11.3 Å². The SMILES string of the molecule is O=C(NC(c1ccccc1)c1ccco1)c1ccc(S(=O)(=O)NCc2cccs2)cc1. The molecule has 2 aromatic heterocycles. The molecule has 0 aliphatic heterocycles. The molecular weight excluding hydrogens is 432 g/mol. The van der Waals surface area contributed by atoms with Crippen LogP contribution in [0, 0.1) is 0 Å². The summed E-state index contributed by atoms with van der Waals surface area (Å²) in [5.41, 5.74) is 1.23. The number of benzene rings is 2. The van der Waals surface area contributed by atoms with Crippen LogP contribution in [0.25, 0.3) is 0 Å². The summed E-state index contributed by atoms with van der Waals surface area (Å²) in [6.07, 6.45) is 1.56. The number of nitrogens with one attached hydrogen (secondary N) is 2. The fourth-order valence-corrected chi connectivity index (χ4v) is 4.82. The number of hydrogen-bond donors (Lipinski definition) is 2. The van der Waals surface area contributed by atoms with Crippen LogP contribution in [-0.4, -0.2) is 14.3 Å². The average Bonchev–Trinajstić information content (AvgIpc) is 3.51. The van der Waals surface area contributed by atoms with E-state index in [2.05, 4.69) is 10.0 Å². The van der Waals surface area contributed by atoms with Crippen molar-refractivity contribution in [2.24, 2.45) is 0 Å². The molecule has 1 amide bonds. The molecule has 0 fully saturated rings. The maximum atomic E-state index is 12.8. The van der Waals surface area contributed by atoms with Crippen LogP contribution in [0.15, 0.2) is 99.8 Å². The summed E-state index contributed by atoms with van der Waals surface area (Å²) >= 11 is 1.48. The number of thiophene rings is 1. The van der Waals surface area contributed by atoms with Crippen molar-refractivity contribution >= 4 is 27.3 Å². The molecule has 4 aromatic rings. The molecule has 4 rings (SSSR count). The Hall–Kier alpha value is -3.20. The highest BCUT2D eigenvalue weighted by Gasteiger charge is 2.21. The van der Waals surface area contributed by atoms with E-state index in [1.807, 2.05) is 47.8 Å². The molecule has 2 aromatic carbocycles. The molecule has 1 unspecified atom stereocenters. The molecule has 0 saturated heterocycles. The second kappa shape index (κ2) is 9.30. The summed E-state index contributed by atoms with van der Waals surface area (Å²) in [7, 11) is -3.67. The minimum Gasteiger partial charge on any atom is -0.467 e. The molecule has 158 valence electrons. The highest BCUT2D eigenvalue weighted by molar-refractivity contribution is 7.89. The van der Waals surface area contributed by atoms with E-state index in [1.54, 1.807) is 18.4 Å². The van der Waals surface area contributed by atoms with E-state index in [4.69, 9.17) is 4.42 Å². The number of hydrogen-bond acceptors (Lipinski definition) is 5. The summed E-state index contributed by atoms with van der Waals surface area (Å²) in [6, 6.07) is 22.2. The summed E-state index contributed by atoms with van der Waals surface area (Å²) in [6.45, 7) is 0.226. The van der Waals surface area contributed by atoms with Crippen molar-refractivity contribution < 1.29 is 17.6 Å². The summed E-state index contributed by atoms with van der Waals surface area (Å²) in [5, 5.41) is 4.85. The van der Waals surface area contributed by atoms with Gasteiger partial charge < -0.3 is 9.73 Å². The second-order valence-corrected chi connectivity index (χ2v) is 9.56. The molecule has 2 heterocycles. The minimum atomic E-state index is -3.67. The van der Waals surface area contributed by atoms with Crippen LogP contribution < -0.4 is 10.0 Å². The number of carbonyl (C=O) groups excluding carboxylic acids is 1. The molecule has 0 saturated carbocycles. The molecule has 2 N–H and O–H groups in total. The van der Waals surface area contributed by atoms with Crippen molar-refractivity contribution in [1.82, 2.24) is 10.0 Å². The topological polar surface area (TPSA) is 88.4 Å². The van der Waals surface area contributed by atoms with Crippen LogP contribution in [0.1, 0.15) is 32.6 Å². The fraction of sp³-hybridized carbons (Fsp3) is 0.0870. The lowest BCUT2D eigenvalue weighted by atomic mass is 10.0. The molecule has 0 bridgehead atoms. The monoisotopic (exact) mass is 452 g/mol. The van der Waals surface area contributed by atoms with E-state index < -0.39 is 16.1 Å². The van der Waals surface area contributed by atoms with Gasteiger partial charge in [0.05, 0.1) is 11.2 Å². The average molecular weight is 453 g/mol. The van der Waals surface area contributed by atoms with Crippen molar-refractivity contribution in [3.63, 3.8) is 0 Å². The summed E-state index contributed by atoms with van der Waals surface area (Å²) in [4.78, 5) is 13.9. The normalized spacial score (nSPS) is 12.4. The zero-order valence-electron chi connectivity index (χ0n) is 16.4. The molecule has 8 heteroatoms. The molecule has 6 nitrogen and oxygen atoms in total. The van der Waals surface area contributed by atoms with Gasteiger partial charge in [-0.25, -0.2) is 13.1 Å². The van der Waals surface area contributed by atoms with Gasteiger partial charge in [0.25, 0.3) is 5.91 Å². The van der Waals surface area contributed by atoms with Crippen LogP contribution in [0.3, 0.4) is 0 Å². The first-order valence-corrected chi connectivity index (χ1v) is 11.9. The Labute approximate surface area is 184 Å². The quantitative estimate of drug-likeness (QED) is 0.416. The Kier molecular flexibility index (Phi) is 6.31. The molecule has 1 atom stereocenters. The van der Waals surface area contributed by atoms with Crippen LogP contribution in [-0.2, 0) is 16.6 Å². The molecule has 0 spiro atoms. The van der Waals surface area contributed by atoms with Gasteiger partial charge in [-0.15, -0.1) is 11.3 Å². The van der Waals surface area contributed by atoms with E-state index in [0.717, 1.165) is 10.4 Å². The Balaban J connectivity index is 1.48. The largest absolute Gasteiger partial charge is 0.467 e. The van der Waals surface area contributed by atoms with Gasteiger partial charge in [-0.05, 0) is 53.4 Å². The predicted octanol–water partition coefficient (Wildman–Crippen LogP) is 4.34. The maximum absolute atomic E-state index is 12.8. The van der Waals surface area contributed by atoms with Crippen molar-refractivity contribution in [3.05, 3.63) is 112 Å². The lowest BCUT2D eigenvalue weighted by Gasteiger charge is -2.17. The number of sulfonamides is 1. The molecule has 0 radical (unpaired) electrons. The second-order valence-electron chi connectivity index (χ2n) is 6.76. The number of furan rings is 1. The van der Waals surface area contributed by atoms with Crippen LogP contribution in [0.2, 0.25) is 0 Å². The van der Waals surface area contributed by atoms with Gasteiger partial charge >= 0.3 is 0 Å². The van der Waals surface area contributed by atoms with Gasteiger partial charge in [-0.2, -0.15) is 0 Å². The summed E-state index contributed by atoms with van der Waals surface area (Å²) < 4.78 is 33.1. The third-order valence-corrected chi connectivity index (χ3v) is 6.97. The standard InChI is InChI=1S/C23H20N2O4S2/c26-23(25-22(21-9-4-14-29-21)17-6-2-1-3-7-17)18-10-12-20(13-11-18)31(27,28)24-16-19-8-5-15-30-19/h1-15,22,24H,16H2,(H,25,26). The number of carbonyl (C=O) groups is 1. The van der Waals surface area contributed by atoms with Gasteiger partial charge in [0, 0.05) is 17.0 Å². The zero-order valence-corrected chi connectivity index (χ0v) is 18.0. The van der Waals surface area contributed by atoms with Crippen molar-refractivity contribution in [2.45, 2.75) is 17.5 Å². The van der Waals surface area contributed by atoms with Crippen LogP contribution >= 0.6 is 11.3 Å². The van der Waals surface area contributed by atoms with Gasteiger partial charge in [-0.3, -0.25) is 4.79 Å². The van der Waals surface area contributed by atoms with Gasteiger partial charge in [0.15, 0.2) is 0 Å². The highest BCUT2D eigenvalue weighted by Crippen LogP contribution is 2.23. The smallest absolute Gasteiger partial charge is 0.252 e. The lowest BCUT2D eigenvalue weighted by Crippen LogP contribution is -2.29. The maximum Gasteiger partial charge on any atom is 0.252 e. The molecular formula is C23H20N2O4S2.